The molecule has 98 valence electrons. The smallest absolute Gasteiger partial charge is 0.289 e. The van der Waals surface area contributed by atoms with E-state index in [4.69, 9.17) is 27.2 Å². The summed E-state index contributed by atoms with van der Waals surface area (Å²) < 4.78 is 31.3. The molecule has 1 rings (SSSR count). The Labute approximate surface area is 109 Å². The number of methoxy groups -OCH3 is 1. The van der Waals surface area contributed by atoms with E-state index in [1.54, 1.807) is 0 Å². The maximum atomic E-state index is 13.2. The standard InChI is InChI=1S/C10H12ClF2NO2.ClH/c1-16-8-3-2-6(11)4-7(8)9(14)10(12,13)5-15;/h2-4,9,15H,5,14H2,1H3;1H/t9-;/m1./s1. The van der Waals surface area contributed by atoms with Crippen LogP contribution in [0.2, 0.25) is 5.02 Å². The monoisotopic (exact) mass is 287 g/mol. The minimum atomic E-state index is -3.42. The van der Waals surface area contributed by atoms with Crippen molar-refractivity contribution in [1.29, 1.82) is 0 Å². The zero-order valence-corrected chi connectivity index (χ0v) is 10.6. The SMILES string of the molecule is COc1ccc(Cl)cc1[C@@H](N)C(F)(F)CO.Cl. The Hall–Kier alpha value is -0.620. The fourth-order valence-electron chi connectivity index (χ4n) is 1.27. The zero-order valence-electron chi connectivity index (χ0n) is 8.99. The van der Waals surface area contributed by atoms with Crippen molar-refractivity contribution in [2.75, 3.05) is 13.7 Å². The molecule has 3 nitrogen and oxygen atoms in total. The van der Waals surface area contributed by atoms with Crippen LogP contribution in [0.15, 0.2) is 18.2 Å². The highest BCUT2D eigenvalue weighted by atomic mass is 35.5. The normalized spacial score (nSPS) is 12.8. The van der Waals surface area contributed by atoms with Crippen LogP contribution in [0.5, 0.6) is 5.75 Å². The van der Waals surface area contributed by atoms with Crippen molar-refractivity contribution in [3.05, 3.63) is 28.8 Å². The minimum Gasteiger partial charge on any atom is -0.496 e. The predicted octanol–water partition coefficient (Wildman–Crippen LogP) is 2.40. The highest BCUT2D eigenvalue weighted by Crippen LogP contribution is 2.35. The van der Waals surface area contributed by atoms with E-state index in [1.165, 1.54) is 25.3 Å². The molecular weight excluding hydrogens is 275 g/mol. The third-order valence-corrected chi connectivity index (χ3v) is 2.43. The van der Waals surface area contributed by atoms with Gasteiger partial charge in [0.2, 0.25) is 0 Å². The van der Waals surface area contributed by atoms with Crippen molar-refractivity contribution in [3.63, 3.8) is 0 Å². The molecule has 1 atom stereocenters. The first kappa shape index (κ1) is 16.4. The topological polar surface area (TPSA) is 55.5 Å². The van der Waals surface area contributed by atoms with Gasteiger partial charge in [-0.1, -0.05) is 11.6 Å². The van der Waals surface area contributed by atoms with E-state index < -0.39 is 18.6 Å². The summed E-state index contributed by atoms with van der Waals surface area (Å²) in [5, 5.41) is 8.83. The fourth-order valence-corrected chi connectivity index (χ4v) is 1.45. The first-order valence-electron chi connectivity index (χ1n) is 4.50. The molecule has 3 N–H and O–H groups in total. The molecule has 0 fully saturated rings. The Morgan fingerprint density at radius 1 is 1.53 bits per heavy atom. The van der Waals surface area contributed by atoms with Gasteiger partial charge in [0, 0.05) is 10.6 Å². The molecule has 0 aromatic heterocycles. The maximum absolute atomic E-state index is 13.2. The number of rotatable bonds is 4. The van der Waals surface area contributed by atoms with Gasteiger partial charge in [0.15, 0.2) is 0 Å². The Balaban J connectivity index is 0.00000256. The molecule has 0 saturated heterocycles. The number of aliphatic hydroxyl groups is 1. The lowest BCUT2D eigenvalue weighted by Gasteiger charge is -2.23. The number of ether oxygens (including phenoxy) is 1. The Kier molecular flexibility index (Phi) is 6.12. The summed E-state index contributed by atoms with van der Waals surface area (Å²) >= 11 is 5.69. The molecule has 0 saturated carbocycles. The first-order valence-corrected chi connectivity index (χ1v) is 4.88. The summed E-state index contributed by atoms with van der Waals surface area (Å²) in [5.74, 6) is -3.21. The molecule has 0 aliphatic heterocycles. The molecular formula is C10H13Cl2F2NO2. The number of hydrogen-bond acceptors (Lipinski definition) is 3. The van der Waals surface area contributed by atoms with Gasteiger partial charge in [-0.25, -0.2) is 8.78 Å². The molecule has 17 heavy (non-hydrogen) atoms. The minimum absolute atomic E-state index is 0. The van der Waals surface area contributed by atoms with Gasteiger partial charge in [-0.2, -0.15) is 0 Å². The largest absolute Gasteiger partial charge is 0.496 e. The highest BCUT2D eigenvalue weighted by Gasteiger charge is 2.38. The fraction of sp³-hybridized carbons (Fsp3) is 0.400. The molecule has 0 spiro atoms. The molecule has 1 aromatic carbocycles. The second-order valence-electron chi connectivity index (χ2n) is 3.28. The highest BCUT2D eigenvalue weighted by molar-refractivity contribution is 6.30. The third kappa shape index (κ3) is 3.67. The molecule has 1 aromatic rings. The van der Waals surface area contributed by atoms with E-state index in [0.717, 1.165) is 0 Å². The van der Waals surface area contributed by atoms with E-state index in [9.17, 15) is 8.78 Å². The quantitative estimate of drug-likeness (QED) is 0.894. The predicted molar refractivity (Wildman–Crippen MR) is 64.2 cm³/mol. The summed E-state index contributed by atoms with van der Waals surface area (Å²) in [5.41, 5.74) is 5.44. The van der Waals surface area contributed by atoms with Crippen LogP contribution in [-0.2, 0) is 0 Å². The van der Waals surface area contributed by atoms with Crippen molar-refractivity contribution < 1.29 is 18.6 Å². The van der Waals surface area contributed by atoms with Gasteiger partial charge in [-0.15, -0.1) is 12.4 Å². The lowest BCUT2D eigenvalue weighted by molar-refractivity contribution is -0.0715. The van der Waals surface area contributed by atoms with Crippen LogP contribution in [0.25, 0.3) is 0 Å². The Bertz CT molecular complexity index is 377. The summed E-state index contributed by atoms with van der Waals surface area (Å²) in [6.07, 6.45) is 0. The van der Waals surface area contributed by atoms with Crippen molar-refractivity contribution in [3.8, 4) is 5.75 Å². The summed E-state index contributed by atoms with van der Waals surface area (Å²) in [7, 11) is 1.34. The van der Waals surface area contributed by atoms with Gasteiger partial charge in [-0.3, -0.25) is 0 Å². The molecule has 0 aliphatic rings. The van der Waals surface area contributed by atoms with E-state index in [2.05, 4.69) is 0 Å². The third-order valence-electron chi connectivity index (χ3n) is 2.19. The van der Waals surface area contributed by atoms with Crippen LogP contribution >= 0.6 is 24.0 Å². The van der Waals surface area contributed by atoms with Gasteiger partial charge in [-0.05, 0) is 18.2 Å². The second kappa shape index (κ2) is 6.35. The number of benzene rings is 1. The first-order chi connectivity index (χ1) is 7.42. The molecule has 0 unspecified atom stereocenters. The van der Waals surface area contributed by atoms with Gasteiger partial charge in [0.25, 0.3) is 5.92 Å². The van der Waals surface area contributed by atoms with Crippen LogP contribution in [0.4, 0.5) is 8.78 Å². The van der Waals surface area contributed by atoms with E-state index in [-0.39, 0.29) is 28.7 Å². The molecule has 0 radical (unpaired) electrons. The van der Waals surface area contributed by atoms with Gasteiger partial charge >= 0.3 is 0 Å². The summed E-state index contributed by atoms with van der Waals surface area (Å²) in [6, 6.07) is 2.60. The molecule has 0 aliphatic carbocycles. The summed E-state index contributed by atoms with van der Waals surface area (Å²) in [6.45, 7) is -1.33. The number of hydrogen-bond donors (Lipinski definition) is 2. The molecule has 0 heterocycles. The van der Waals surface area contributed by atoms with Crippen molar-refractivity contribution in [2.24, 2.45) is 5.73 Å². The van der Waals surface area contributed by atoms with Crippen LogP contribution in [0.1, 0.15) is 11.6 Å². The number of alkyl halides is 2. The van der Waals surface area contributed by atoms with Crippen molar-refractivity contribution >= 4 is 24.0 Å². The molecule has 7 heteroatoms. The van der Waals surface area contributed by atoms with Gasteiger partial charge in [0.1, 0.15) is 18.4 Å². The van der Waals surface area contributed by atoms with E-state index in [0.29, 0.717) is 0 Å². The van der Waals surface area contributed by atoms with Crippen LogP contribution in [0.3, 0.4) is 0 Å². The van der Waals surface area contributed by atoms with Gasteiger partial charge < -0.3 is 15.6 Å². The average molecular weight is 288 g/mol. The van der Waals surface area contributed by atoms with E-state index >= 15 is 0 Å². The van der Waals surface area contributed by atoms with E-state index in [1.807, 2.05) is 0 Å². The van der Waals surface area contributed by atoms with Crippen LogP contribution in [0, 0.1) is 0 Å². The second-order valence-corrected chi connectivity index (χ2v) is 3.72. The lowest BCUT2D eigenvalue weighted by atomic mass is 10.0. The van der Waals surface area contributed by atoms with Crippen molar-refractivity contribution in [2.45, 2.75) is 12.0 Å². The summed E-state index contributed by atoms with van der Waals surface area (Å²) in [4.78, 5) is 0. The Morgan fingerprint density at radius 2 is 2.12 bits per heavy atom. The zero-order chi connectivity index (χ0) is 12.3. The number of halogens is 4. The maximum Gasteiger partial charge on any atom is 0.289 e. The van der Waals surface area contributed by atoms with Crippen molar-refractivity contribution in [1.82, 2.24) is 0 Å². The van der Waals surface area contributed by atoms with Gasteiger partial charge in [0.05, 0.1) is 7.11 Å². The van der Waals surface area contributed by atoms with Crippen LogP contribution < -0.4 is 10.5 Å². The molecule has 0 amide bonds. The molecule has 0 bridgehead atoms. The Morgan fingerprint density at radius 3 is 2.59 bits per heavy atom. The van der Waals surface area contributed by atoms with Crippen LogP contribution in [-0.4, -0.2) is 24.7 Å². The number of nitrogens with two attached hydrogens (primary N) is 1. The number of aliphatic hydroxyl groups excluding tert-OH is 1. The average Bonchev–Trinajstić information content (AvgIpc) is 2.28. The lowest BCUT2D eigenvalue weighted by Crippen LogP contribution is -2.36.